The molecule has 0 saturated heterocycles. The first-order valence-corrected chi connectivity index (χ1v) is 2.44. The van der Waals surface area contributed by atoms with Crippen molar-refractivity contribution >= 4 is 0 Å². The molecule has 0 radical (unpaired) electrons. The minimum Gasteiger partial charge on any atom is -0.115 e. The molecule has 0 rings (SSSR count). The average Bonchev–Trinajstić information content (AvgIpc) is 1.68. The van der Waals surface area contributed by atoms with Crippen molar-refractivity contribution in [3.8, 4) is 12.3 Å². The fourth-order valence-electron chi connectivity index (χ4n) is 0.365. The second-order valence-corrected chi connectivity index (χ2v) is 1.44. The van der Waals surface area contributed by atoms with Gasteiger partial charge in [0, 0.05) is 0 Å². The Morgan fingerprint density at radius 2 is 2.43 bits per heavy atom. The van der Waals surface area contributed by atoms with Crippen molar-refractivity contribution in [2.45, 2.75) is 20.3 Å². The van der Waals surface area contributed by atoms with Gasteiger partial charge in [0.05, 0.1) is 0 Å². The number of hydrogen-bond donors (Lipinski definition) is 0. The second-order valence-electron chi connectivity index (χ2n) is 1.44. The molecule has 38 valence electrons. The van der Waals surface area contributed by atoms with Gasteiger partial charge < -0.3 is 0 Å². The fraction of sp³-hybridized carbons (Fsp3) is 0.429. The largest absolute Gasteiger partial charge is 0.115 e. The molecule has 0 amide bonds. The highest BCUT2D eigenvalue weighted by atomic mass is 13.8. The first kappa shape index (κ1) is 6.30. The maximum absolute atomic E-state index is 5.04. The Labute approximate surface area is 45.2 Å². The molecule has 7 heavy (non-hydrogen) atoms. The quantitative estimate of drug-likeness (QED) is 0.436. The monoisotopic (exact) mass is 94.1 g/mol. The maximum atomic E-state index is 5.04. The summed E-state index contributed by atoms with van der Waals surface area (Å²) in [6, 6.07) is 0. The van der Waals surface area contributed by atoms with Crippen molar-refractivity contribution in [3.63, 3.8) is 0 Å². The molecule has 0 aromatic heterocycles. The number of terminal acetylenes is 1. The lowest BCUT2D eigenvalue weighted by atomic mass is 10.3. The third-order valence-corrected chi connectivity index (χ3v) is 0.738. The van der Waals surface area contributed by atoms with Crippen LogP contribution in [0.4, 0.5) is 0 Å². The molecule has 0 heteroatoms. The number of rotatable bonds is 1. The van der Waals surface area contributed by atoms with Crippen molar-refractivity contribution in [1.29, 1.82) is 0 Å². The molecule has 0 aliphatic rings. The Hall–Kier alpha value is -0.700. The lowest BCUT2D eigenvalue weighted by Crippen LogP contribution is -1.63. The van der Waals surface area contributed by atoms with Crippen LogP contribution in [-0.4, -0.2) is 0 Å². The Balaban J connectivity index is 3.57. The fourth-order valence-corrected chi connectivity index (χ4v) is 0.365. The van der Waals surface area contributed by atoms with Crippen LogP contribution in [-0.2, 0) is 0 Å². The highest BCUT2D eigenvalue weighted by Crippen LogP contribution is 1.89. The molecule has 0 heterocycles. The summed E-state index contributed by atoms with van der Waals surface area (Å²) in [7, 11) is 0. The van der Waals surface area contributed by atoms with E-state index in [4.69, 9.17) is 6.42 Å². The summed E-state index contributed by atoms with van der Waals surface area (Å²) in [6.07, 6.45) is 8.11. The van der Waals surface area contributed by atoms with Gasteiger partial charge in [0.2, 0.25) is 0 Å². The smallest absolute Gasteiger partial charge is 0.00534 e. The zero-order valence-corrected chi connectivity index (χ0v) is 4.86. The topological polar surface area (TPSA) is 0 Å². The molecule has 0 bridgehead atoms. The molecule has 0 saturated carbocycles. The van der Waals surface area contributed by atoms with Gasteiger partial charge >= 0.3 is 0 Å². The van der Waals surface area contributed by atoms with Crippen LogP contribution in [0.25, 0.3) is 0 Å². The van der Waals surface area contributed by atoms with Gasteiger partial charge in [0.25, 0.3) is 0 Å². The summed E-state index contributed by atoms with van der Waals surface area (Å²) in [5.41, 5.74) is 1.03. The summed E-state index contributed by atoms with van der Waals surface area (Å²) in [5, 5.41) is 0. The lowest BCUT2D eigenvalue weighted by molar-refractivity contribution is 1.20. The predicted molar refractivity (Wildman–Crippen MR) is 32.9 cm³/mol. The molecule has 0 spiro atoms. The van der Waals surface area contributed by atoms with E-state index >= 15 is 0 Å². The molecule has 0 unspecified atom stereocenters. The van der Waals surface area contributed by atoms with Gasteiger partial charge in [-0.05, 0) is 18.9 Å². The van der Waals surface area contributed by atoms with E-state index in [2.05, 4.69) is 12.8 Å². The Bertz CT molecular complexity index is 102. The average molecular weight is 94.2 g/mol. The van der Waals surface area contributed by atoms with Crippen LogP contribution in [0.15, 0.2) is 11.6 Å². The van der Waals surface area contributed by atoms with E-state index in [-0.39, 0.29) is 0 Å². The normalized spacial score (nSPS) is 10.7. The lowest BCUT2D eigenvalue weighted by Gasteiger charge is -1.80. The van der Waals surface area contributed by atoms with Crippen LogP contribution in [0.3, 0.4) is 0 Å². The standard InChI is InChI=1S/C7H10/c1-4-6-7(3)5-2/h2,6H,4H2,1,3H3/b7-6-. The molecule has 0 aromatic rings. The molecular formula is C7H10. The van der Waals surface area contributed by atoms with E-state index < -0.39 is 0 Å². The number of hydrogen-bond acceptors (Lipinski definition) is 0. The highest BCUT2D eigenvalue weighted by Gasteiger charge is 1.72. The van der Waals surface area contributed by atoms with E-state index in [1.807, 2.05) is 13.0 Å². The van der Waals surface area contributed by atoms with Gasteiger partial charge in [-0.15, -0.1) is 6.42 Å². The molecule has 0 atom stereocenters. The van der Waals surface area contributed by atoms with Crippen molar-refractivity contribution in [1.82, 2.24) is 0 Å². The first-order valence-electron chi connectivity index (χ1n) is 2.44. The highest BCUT2D eigenvalue weighted by molar-refractivity contribution is 5.21. The Kier molecular flexibility index (Phi) is 3.14. The van der Waals surface area contributed by atoms with Gasteiger partial charge in [0.1, 0.15) is 0 Å². The SMILES string of the molecule is C#C/C(C)=C\CC. The molecule has 0 N–H and O–H groups in total. The van der Waals surface area contributed by atoms with Crippen LogP contribution >= 0.6 is 0 Å². The summed E-state index contributed by atoms with van der Waals surface area (Å²) >= 11 is 0. The van der Waals surface area contributed by atoms with Crippen LogP contribution in [0.1, 0.15) is 20.3 Å². The van der Waals surface area contributed by atoms with Crippen LogP contribution < -0.4 is 0 Å². The zero-order valence-electron chi connectivity index (χ0n) is 4.86. The summed E-state index contributed by atoms with van der Waals surface area (Å²) in [6.45, 7) is 4.00. The molecular weight excluding hydrogens is 84.1 g/mol. The minimum atomic E-state index is 1.03. The number of allylic oxidation sites excluding steroid dienone is 2. The molecule has 0 nitrogen and oxygen atoms in total. The van der Waals surface area contributed by atoms with Crippen LogP contribution in [0.5, 0.6) is 0 Å². The van der Waals surface area contributed by atoms with E-state index in [1.54, 1.807) is 0 Å². The maximum Gasteiger partial charge on any atom is -0.00534 e. The Morgan fingerprint density at radius 1 is 1.86 bits per heavy atom. The van der Waals surface area contributed by atoms with Gasteiger partial charge in [0.15, 0.2) is 0 Å². The molecule has 0 aromatic carbocycles. The second kappa shape index (κ2) is 3.49. The van der Waals surface area contributed by atoms with Crippen molar-refractivity contribution in [2.24, 2.45) is 0 Å². The summed E-state index contributed by atoms with van der Waals surface area (Å²) in [4.78, 5) is 0. The summed E-state index contributed by atoms with van der Waals surface area (Å²) in [5.74, 6) is 2.53. The summed E-state index contributed by atoms with van der Waals surface area (Å²) < 4.78 is 0. The Morgan fingerprint density at radius 3 is 2.57 bits per heavy atom. The molecule has 0 aliphatic heterocycles. The third-order valence-electron chi connectivity index (χ3n) is 0.738. The minimum absolute atomic E-state index is 1.03. The van der Waals surface area contributed by atoms with Crippen LogP contribution in [0, 0.1) is 12.3 Å². The van der Waals surface area contributed by atoms with Crippen molar-refractivity contribution < 1.29 is 0 Å². The third kappa shape index (κ3) is 3.12. The molecule has 0 aliphatic carbocycles. The van der Waals surface area contributed by atoms with E-state index in [0.29, 0.717) is 0 Å². The predicted octanol–water partition coefficient (Wildman–Crippen LogP) is 1.98. The van der Waals surface area contributed by atoms with Crippen molar-refractivity contribution in [2.75, 3.05) is 0 Å². The van der Waals surface area contributed by atoms with E-state index in [0.717, 1.165) is 12.0 Å². The van der Waals surface area contributed by atoms with Crippen LogP contribution in [0.2, 0.25) is 0 Å². The zero-order chi connectivity index (χ0) is 5.70. The van der Waals surface area contributed by atoms with E-state index in [1.165, 1.54) is 0 Å². The van der Waals surface area contributed by atoms with Gasteiger partial charge in [-0.1, -0.05) is 18.9 Å². The van der Waals surface area contributed by atoms with E-state index in [9.17, 15) is 0 Å². The van der Waals surface area contributed by atoms with Gasteiger partial charge in [-0.25, -0.2) is 0 Å². The van der Waals surface area contributed by atoms with Gasteiger partial charge in [-0.2, -0.15) is 0 Å². The molecule has 0 fully saturated rings. The first-order chi connectivity index (χ1) is 3.31. The van der Waals surface area contributed by atoms with Crippen molar-refractivity contribution in [3.05, 3.63) is 11.6 Å². The van der Waals surface area contributed by atoms with Gasteiger partial charge in [-0.3, -0.25) is 0 Å².